The molecule has 1 aliphatic carbocycles. The zero-order valence-electron chi connectivity index (χ0n) is 33.4. The molecule has 0 spiro atoms. The SMILES string of the molecule is Cc1ccc2oc3c(c2c1)CC(N(c1ccccc1)c1cc2c4ccccc4c(N(c4ccccc4)c4ccc5oc6ccc(C)cc6c5c4)cc2c2ccccc12)C=C3. The Morgan fingerprint density at radius 3 is 1.63 bits per heavy atom. The number of nitrogens with zero attached hydrogens (tertiary/aromatic N) is 2. The number of anilines is 5. The normalized spacial score (nSPS) is 13.9. The van der Waals surface area contributed by atoms with Gasteiger partial charge in [-0.2, -0.15) is 0 Å². The van der Waals surface area contributed by atoms with Gasteiger partial charge in [-0.25, -0.2) is 0 Å². The Bertz CT molecular complexity index is 3500. The zero-order chi connectivity index (χ0) is 39.9. The molecule has 12 rings (SSSR count). The number of hydrogen-bond donors (Lipinski definition) is 0. The third kappa shape index (κ3) is 5.45. The summed E-state index contributed by atoms with van der Waals surface area (Å²) >= 11 is 0. The second-order valence-corrected chi connectivity index (χ2v) is 16.2. The molecular formula is C56H40N2O2. The van der Waals surface area contributed by atoms with Gasteiger partial charge in [0.25, 0.3) is 0 Å². The molecule has 1 unspecified atom stereocenters. The topological polar surface area (TPSA) is 32.8 Å². The third-order valence-corrected chi connectivity index (χ3v) is 12.4. The van der Waals surface area contributed by atoms with Gasteiger partial charge >= 0.3 is 0 Å². The van der Waals surface area contributed by atoms with Gasteiger partial charge in [-0.3, -0.25) is 0 Å². The van der Waals surface area contributed by atoms with E-state index < -0.39 is 0 Å². The first-order valence-electron chi connectivity index (χ1n) is 20.8. The average molecular weight is 773 g/mol. The van der Waals surface area contributed by atoms with Gasteiger partial charge in [0.05, 0.1) is 17.4 Å². The van der Waals surface area contributed by atoms with Crippen molar-refractivity contribution in [1.29, 1.82) is 0 Å². The molecule has 60 heavy (non-hydrogen) atoms. The molecular weight excluding hydrogens is 733 g/mol. The van der Waals surface area contributed by atoms with Gasteiger partial charge in [-0.05, 0) is 120 Å². The number of fused-ring (bicyclic) bond motifs is 11. The lowest BCUT2D eigenvalue weighted by atomic mass is 9.91. The van der Waals surface area contributed by atoms with Gasteiger partial charge in [0.1, 0.15) is 22.5 Å². The van der Waals surface area contributed by atoms with E-state index in [0.29, 0.717) is 0 Å². The van der Waals surface area contributed by atoms with Crippen molar-refractivity contribution in [3.05, 3.63) is 204 Å². The molecule has 286 valence electrons. The number of hydrogen-bond acceptors (Lipinski definition) is 4. The number of benzene rings is 9. The standard InChI is InChI=1S/C56H40N2O2/c1-35-21-25-53-47(29-35)49-31-39(23-27-55(49)59-53)57(37-13-5-3-6-14-37)51-33-45-42-18-10-12-20-44(42)52(34-46(45)41-17-9-11-19-43(41)51)58(38-15-7-4-8-16-38)40-24-28-56-50(32-40)48-30-36(2)22-26-54(48)60-56/h3-31,33-34,40H,32H2,1-2H3. The molecule has 4 heteroatoms. The van der Waals surface area contributed by atoms with Crippen LogP contribution in [0.4, 0.5) is 28.4 Å². The van der Waals surface area contributed by atoms with Crippen LogP contribution in [-0.4, -0.2) is 6.04 Å². The molecule has 0 aliphatic heterocycles. The number of furan rings is 2. The summed E-state index contributed by atoms with van der Waals surface area (Å²) in [7, 11) is 0. The van der Waals surface area contributed by atoms with E-state index in [4.69, 9.17) is 8.83 Å². The van der Waals surface area contributed by atoms with Crippen LogP contribution in [0.25, 0.3) is 71.3 Å². The van der Waals surface area contributed by atoms with Crippen LogP contribution in [0, 0.1) is 13.8 Å². The van der Waals surface area contributed by atoms with E-state index in [1.165, 1.54) is 60.1 Å². The molecule has 0 saturated heterocycles. The Balaban J connectivity index is 1.10. The smallest absolute Gasteiger partial charge is 0.135 e. The predicted octanol–water partition coefficient (Wildman–Crippen LogP) is 15.7. The van der Waals surface area contributed by atoms with Crippen LogP contribution in [0.2, 0.25) is 0 Å². The van der Waals surface area contributed by atoms with E-state index in [1.54, 1.807) is 0 Å². The molecule has 1 aliphatic rings. The van der Waals surface area contributed by atoms with Crippen LogP contribution < -0.4 is 9.80 Å². The summed E-state index contributed by atoms with van der Waals surface area (Å²) in [6.07, 6.45) is 5.33. The first kappa shape index (κ1) is 34.5. The van der Waals surface area contributed by atoms with E-state index in [9.17, 15) is 0 Å². The van der Waals surface area contributed by atoms with Crippen LogP contribution in [0.5, 0.6) is 0 Å². The van der Waals surface area contributed by atoms with Crippen LogP contribution in [0.1, 0.15) is 22.5 Å². The molecule has 2 aromatic heterocycles. The van der Waals surface area contributed by atoms with Crippen molar-refractivity contribution in [1.82, 2.24) is 0 Å². The van der Waals surface area contributed by atoms with Crippen molar-refractivity contribution >= 4 is 99.7 Å². The monoisotopic (exact) mass is 772 g/mol. The molecule has 9 aromatic carbocycles. The van der Waals surface area contributed by atoms with E-state index in [0.717, 1.165) is 62.5 Å². The van der Waals surface area contributed by atoms with Crippen LogP contribution in [0.3, 0.4) is 0 Å². The van der Waals surface area contributed by atoms with Gasteiger partial charge in [0, 0.05) is 56.0 Å². The maximum absolute atomic E-state index is 6.38. The highest BCUT2D eigenvalue weighted by atomic mass is 16.3. The molecule has 11 aromatic rings. The quantitative estimate of drug-likeness (QED) is 0.158. The second kappa shape index (κ2) is 13.5. The Morgan fingerprint density at radius 2 is 0.950 bits per heavy atom. The summed E-state index contributed by atoms with van der Waals surface area (Å²) in [5.74, 6) is 0.958. The minimum Gasteiger partial charge on any atom is -0.456 e. The highest BCUT2D eigenvalue weighted by Crippen LogP contribution is 2.48. The summed E-state index contributed by atoms with van der Waals surface area (Å²) in [5.41, 5.74) is 12.1. The summed E-state index contributed by atoms with van der Waals surface area (Å²) in [4.78, 5) is 4.96. The molecule has 4 nitrogen and oxygen atoms in total. The first-order chi connectivity index (χ1) is 29.6. The summed E-state index contributed by atoms with van der Waals surface area (Å²) in [6.45, 7) is 4.29. The lowest BCUT2D eigenvalue weighted by Gasteiger charge is -2.35. The largest absolute Gasteiger partial charge is 0.456 e. The maximum atomic E-state index is 6.38. The van der Waals surface area contributed by atoms with Crippen molar-refractivity contribution in [2.45, 2.75) is 26.3 Å². The summed E-state index contributed by atoms with van der Waals surface area (Å²) < 4.78 is 12.7. The van der Waals surface area contributed by atoms with Crippen molar-refractivity contribution in [3.63, 3.8) is 0 Å². The average Bonchev–Trinajstić information content (AvgIpc) is 3.84. The van der Waals surface area contributed by atoms with Gasteiger partial charge in [-0.1, -0.05) is 114 Å². The number of aryl methyl sites for hydroxylation is 2. The highest BCUT2D eigenvalue weighted by Gasteiger charge is 2.29. The molecule has 2 heterocycles. The number of para-hydroxylation sites is 2. The molecule has 0 radical (unpaired) electrons. The molecule has 0 N–H and O–H groups in total. The third-order valence-electron chi connectivity index (χ3n) is 12.4. The van der Waals surface area contributed by atoms with Crippen LogP contribution >= 0.6 is 0 Å². The van der Waals surface area contributed by atoms with E-state index in [2.05, 4.69) is 212 Å². The Kier molecular flexibility index (Phi) is 7.76. The predicted molar refractivity (Wildman–Crippen MR) is 252 cm³/mol. The second-order valence-electron chi connectivity index (χ2n) is 16.2. The van der Waals surface area contributed by atoms with Crippen LogP contribution in [-0.2, 0) is 6.42 Å². The van der Waals surface area contributed by atoms with Gasteiger partial charge in [0.15, 0.2) is 0 Å². The first-order valence-corrected chi connectivity index (χ1v) is 20.8. The molecule has 0 fully saturated rings. The fourth-order valence-electron chi connectivity index (χ4n) is 9.70. The Morgan fingerprint density at radius 1 is 0.417 bits per heavy atom. The molecule has 1 atom stereocenters. The molecule has 0 saturated carbocycles. The summed E-state index contributed by atoms with van der Waals surface area (Å²) in [6, 6.07) is 63.9. The van der Waals surface area contributed by atoms with E-state index in [1.807, 2.05) is 0 Å². The van der Waals surface area contributed by atoms with Crippen molar-refractivity contribution in [2.24, 2.45) is 0 Å². The van der Waals surface area contributed by atoms with Crippen molar-refractivity contribution in [2.75, 3.05) is 9.80 Å². The van der Waals surface area contributed by atoms with Gasteiger partial charge < -0.3 is 18.6 Å². The Labute approximate surface area is 347 Å². The lowest BCUT2D eigenvalue weighted by molar-refractivity contribution is 0.590. The fourth-order valence-corrected chi connectivity index (χ4v) is 9.70. The molecule has 0 amide bonds. The van der Waals surface area contributed by atoms with Crippen LogP contribution in [0.15, 0.2) is 191 Å². The van der Waals surface area contributed by atoms with E-state index >= 15 is 0 Å². The molecule has 0 bridgehead atoms. The lowest BCUT2D eigenvalue weighted by Crippen LogP contribution is -2.33. The van der Waals surface area contributed by atoms with Crippen molar-refractivity contribution < 1.29 is 8.83 Å². The minimum absolute atomic E-state index is 0.0545. The Hall–Kier alpha value is -7.56. The number of rotatable bonds is 6. The zero-order valence-corrected chi connectivity index (χ0v) is 33.4. The fraction of sp³-hybridized carbons (Fsp3) is 0.0714. The van der Waals surface area contributed by atoms with Gasteiger partial charge in [-0.15, -0.1) is 0 Å². The highest BCUT2D eigenvalue weighted by molar-refractivity contribution is 6.24. The minimum atomic E-state index is 0.0545. The van der Waals surface area contributed by atoms with Gasteiger partial charge in [0.2, 0.25) is 0 Å². The maximum Gasteiger partial charge on any atom is 0.135 e. The van der Waals surface area contributed by atoms with E-state index in [-0.39, 0.29) is 6.04 Å². The van der Waals surface area contributed by atoms with Crippen molar-refractivity contribution in [3.8, 4) is 0 Å². The summed E-state index contributed by atoms with van der Waals surface area (Å²) in [5, 5.41) is 10.7.